The molecule has 4 aromatic rings. The Morgan fingerprint density at radius 3 is 2.44 bits per heavy atom. The third kappa shape index (κ3) is 4.68. The van der Waals surface area contributed by atoms with Gasteiger partial charge in [-0.1, -0.05) is 6.07 Å². The summed E-state index contributed by atoms with van der Waals surface area (Å²) in [6.45, 7) is 10.5. The largest absolute Gasteiger partial charge is 0.373 e. The van der Waals surface area contributed by atoms with Gasteiger partial charge in [-0.05, 0) is 64.4 Å². The molecule has 0 atom stereocenters. The van der Waals surface area contributed by atoms with E-state index < -0.39 is 11.8 Å². The number of urea groups is 1. The van der Waals surface area contributed by atoms with E-state index in [1.165, 1.54) is 18.2 Å². The van der Waals surface area contributed by atoms with Crippen LogP contribution in [0.15, 0.2) is 53.6 Å². The van der Waals surface area contributed by atoms with E-state index in [0.717, 1.165) is 16.6 Å². The molecular formula is C27H31FN6O2. The van der Waals surface area contributed by atoms with E-state index in [1.54, 1.807) is 23.9 Å². The molecule has 3 heterocycles. The molecular weight excluding hydrogens is 459 g/mol. The minimum absolute atomic E-state index is 0.0240. The van der Waals surface area contributed by atoms with E-state index in [1.807, 2.05) is 32.2 Å². The van der Waals surface area contributed by atoms with Gasteiger partial charge in [-0.3, -0.25) is 4.79 Å². The van der Waals surface area contributed by atoms with Crippen molar-refractivity contribution in [2.24, 2.45) is 0 Å². The minimum atomic E-state index is -0.602. The zero-order chi connectivity index (χ0) is 26.2. The second-order valence-electron chi connectivity index (χ2n) is 9.62. The zero-order valence-electron chi connectivity index (χ0n) is 21.4. The van der Waals surface area contributed by atoms with Crippen LogP contribution in [-0.2, 0) is 12.1 Å². The summed E-state index contributed by atoms with van der Waals surface area (Å²) in [4.78, 5) is 30.4. The summed E-state index contributed by atoms with van der Waals surface area (Å²) in [6.07, 6.45) is 3.59. The molecule has 2 amide bonds. The molecule has 188 valence electrons. The number of carbonyl (C=O) groups is 1. The first-order valence-electron chi connectivity index (χ1n) is 11.8. The summed E-state index contributed by atoms with van der Waals surface area (Å²) < 4.78 is 18.4. The van der Waals surface area contributed by atoms with Gasteiger partial charge < -0.3 is 25.1 Å². The number of amides is 2. The molecule has 1 aromatic carbocycles. The van der Waals surface area contributed by atoms with Crippen LogP contribution in [0.25, 0.3) is 22.0 Å². The van der Waals surface area contributed by atoms with Gasteiger partial charge in [-0.2, -0.15) is 0 Å². The summed E-state index contributed by atoms with van der Waals surface area (Å²) in [7, 11) is 1.77. The van der Waals surface area contributed by atoms with E-state index >= 15 is 0 Å². The number of aryl methyl sites for hydroxylation is 1. The summed E-state index contributed by atoms with van der Waals surface area (Å²) in [5, 5.41) is 9.13. The van der Waals surface area contributed by atoms with Crippen LogP contribution >= 0.6 is 0 Å². The number of halogens is 1. The number of fused-ring (bicyclic) bond motifs is 1. The maximum atomic E-state index is 14.7. The highest BCUT2D eigenvalue weighted by Gasteiger charge is 2.18. The molecule has 0 radical (unpaired) electrons. The summed E-state index contributed by atoms with van der Waals surface area (Å²) in [5.74, 6) is 0.0547. The number of benzene rings is 1. The Bertz CT molecular complexity index is 1510. The molecule has 4 rings (SSSR count). The molecule has 0 spiro atoms. The van der Waals surface area contributed by atoms with Crippen LogP contribution in [0, 0.1) is 12.7 Å². The van der Waals surface area contributed by atoms with Gasteiger partial charge in [0, 0.05) is 54.2 Å². The molecule has 0 fully saturated rings. The lowest BCUT2D eigenvalue weighted by molar-refractivity contribution is 0.262. The van der Waals surface area contributed by atoms with Gasteiger partial charge in [0.2, 0.25) is 0 Å². The molecule has 0 aliphatic carbocycles. The molecule has 0 aliphatic heterocycles. The molecule has 3 aromatic heterocycles. The van der Waals surface area contributed by atoms with Gasteiger partial charge in [0.1, 0.15) is 11.6 Å². The number of rotatable bonds is 5. The summed E-state index contributed by atoms with van der Waals surface area (Å²) >= 11 is 0. The number of hydrogen-bond acceptors (Lipinski definition) is 4. The number of aromatic nitrogens is 3. The third-order valence-electron chi connectivity index (χ3n) is 6.19. The van der Waals surface area contributed by atoms with Crippen molar-refractivity contribution in [3.8, 4) is 11.1 Å². The van der Waals surface area contributed by atoms with Crippen molar-refractivity contribution >= 4 is 34.1 Å². The first kappa shape index (κ1) is 25.0. The molecule has 0 bridgehead atoms. The van der Waals surface area contributed by atoms with Crippen LogP contribution in [0.2, 0.25) is 0 Å². The van der Waals surface area contributed by atoms with Gasteiger partial charge >= 0.3 is 6.03 Å². The molecule has 36 heavy (non-hydrogen) atoms. The van der Waals surface area contributed by atoms with Gasteiger partial charge in [0.15, 0.2) is 0 Å². The maximum Gasteiger partial charge on any atom is 0.323 e. The Morgan fingerprint density at radius 2 is 1.81 bits per heavy atom. The first-order valence-corrected chi connectivity index (χ1v) is 11.8. The van der Waals surface area contributed by atoms with Crippen molar-refractivity contribution in [1.82, 2.24) is 14.1 Å². The summed E-state index contributed by atoms with van der Waals surface area (Å²) in [6, 6.07) is 9.04. The topological polar surface area (TPSA) is 93.0 Å². The lowest BCUT2D eigenvalue weighted by Crippen LogP contribution is -2.24. The molecule has 0 saturated heterocycles. The highest BCUT2D eigenvalue weighted by molar-refractivity contribution is 6.00. The maximum absolute atomic E-state index is 14.7. The SMILES string of the molecule is CCn1c(=O)c(-c2ccc(F)c(NC(=O)Nc3ccn(C(C)(C)C)c3C)c2)cc2cnc(NC)cc21. The smallest absolute Gasteiger partial charge is 0.323 e. The fourth-order valence-electron chi connectivity index (χ4n) is 4.36. The predicted octanol–water partition coefficient (Wildman–Crippen LogP) is 5.77. The Morgan fingerprint density at radius 1 is 1.08 bits per heavy atom. The molecule has 0 unspecified atom stereocenters. The number of hydrogen-bond donors (Lipinski definition) is 3. The minimum Gasteiger partial charge on any atom is -0.373 e. The fraction of sp³-hybridized carbons (Fsp3) is 0.296. The Labute approximate surface area is 209 Å². The Hall–Kier alpha value is -4.14. The second-order valence-corrected chi connectivity index (χ2v) is 9.62. The van der Waals surface area contributed by atoms with Crippen LogP contribution in [0.1, 0.15) is 33.4 Å². The number of carbonyl (C=O) groups excluding carboxylic acids is 1. The standard InChI is InChI=1S/C27H31FN6O2/c1-7-33-23-14-24(29-6)30-15-18(23)12-19(25(33)35)17-8-9-20(28)22(13-17)32-26(36)31-21-10-11-34(16(21)2)27(3,4)5/h8-15H,7H2,1-6H3,(H,29,30)(H2,31,32,36). The molecule has 8 nitrogen and oxygen atoms in total. The van der Waals surface area contributed by atoms with Gasteiger partial charge in [-0.15, -0.1) is 0 Å². The highest BCUT2D eigenvalue weighted by atomic mass is 19.1. The van der Waals surface area contributed by atoms with Crippen molar-refractivity contribution in [2.45, 2.75) is 46.7 Å². The Kier molecular flexibility index (Phi) is 6.58. The normalized spacial score (nSPS) is 11.5. The van der Waals surface area contributed by atoms with Crippen molar-refractivity contribution in [3.05, 3.63) is 70.7 Å². The molecule has 0 aliphatic rings. The van der Waals surface area contributed by atoms with E-state index in [0.29, 0.717) is 29.2 Å². The summed E-state index contributed by atoms with van der Waals surface area (Å²) in [5.41, 5.74) is 2.78. The molecule has 0 saturated carbocycles. The predicted molar refractivity (Wildman–Crippen MR) is 143 cm³/mol. The second kappa shape index (κ2) is 9.49. The Balaban J connectivity index is 1.67. The van der Waals surface area contributed by atoms with Crippen LogP contribution in [-0.4, -0.2) is 27.2 Å². The lowest BCUT2D eigenvalue weighted by atomic mass is 10.0. The van der Waals surface area contributed by atoms with E-state index in [-0.39, 0.29) is 16.8 Å². The number of nitrogens with one attached hydrogen (secondary N) is 3. The fourth-order valence-corrected chi connectivity index (χ4v) is 4.36. The van der Waals surface area contributed by atoms with Crippen molar-refractivity contribution in [3.63, 3.8) is 0 Å². The molecule has 3 N–H and O–H groups in total. The quantitative estimate of drug-likeness (QED) is 0.331. The number of nitrogens with zero attached hydrogens (tertiary/aromatic N) is 3. The van der Waals surface area contributed by atoms with Crippen LogP contribution in [0.5, 0.6) is 0 Å². The van der Waals surface area contributed by atoms with Crippen molar-refractivity contribution < 1.29 is 9.18 Å². The molecule has 9 heteroatoms. The number of anilines is 3. The lowest BCUT2D eigenvalue weighted by Gasteiger charge is -2.23. The highest BCUT2D eigenvalue weighted by Crippen LogP contribution is 2.27. The van der Waals surface area contributed by atoms with Crippen LogP contribution in [0.3, 0.4) is 0 Å². The number of pyridine rings is 2. The average molecular weight is 491 g/mol. The third-order valence-corrected chi connectivity index (χ3v) is 6.19. The van der Waals surface area contributed by atoms with E-state index in [2.05, 4.69) is 46.3 Å². The first-order chi connectivity index (χ1) is 17.0. The van der Waals surface area contributed by atoms with Crippen LogP contribution < -0.4 is 21.5 Å². The van der Waals surface area contributed by atoms with Crippen LogP contribution in [0.4, 0.5) is 26.4 Å². The zero-order valence-corrected chi connectivity index (χ0v) is 21.4. The average Bonchev–Trinajstić information content (AvgIpc) is 3.20. The van der Waals surface area contributed by atoms with Gasteiger partial charge in [0.05, 0.1) is 16.9 Å². The van der Waals surface area contributed by atoms with Gasteiger partial charge in [-0.25, -0.2) is 14.2 Å². The van der Waals surface area contributed by atoms with E-state index in [9.17, 15) is 14.0 Å². The van der Waals surface area contributed by atoms with Gasteiger partial charge in [0.25, 0.3) is 5.56 Å². The monoisotopic (exact) mass is 490 g/mol. The van der Waals surface area contributed by atoms with E-state index in [4.69, 9.17) is 0 Å². The van der Waals surface area contributed by atoms with Crippen molar-refractivity contribution in [1.29, 1.82) is 0 Å². The van der Waals surface area contributed by atoms with Crippen molar-refractivity contribution in [2.75, 3.05) is 23.0 Å².